The van der Waals surface area contributed by atoms with Crippen LogP contribution in [0.5, 0.6) is 5.75 Å². The number of carbonyl (C=O) groups excluding carboxylic acids is 1. The Kier molecular flexibility index (Phi) is 4.32. The normalized spacial score (nSPS) is 10.2. The molecule has 3 N–H and O–H groups in total. The van der Waals surface area contributed by atoms with Crippen LogP contribution in [0, 0.1) is 0 Å². The second-order valence-electron chi connectivity index (χ2n) is 3.91. The number of nitrogens with two attached hydrogens (primary N) is 1. The fraction of sp³-hybridized carbons (Fsp3) is 0.0769. The summed E-state index contributed by atoms with van der Waals surface area (Å²) in [4.78, 5) is 16.0. The molecule has 2 aromatic rings. The van der Waals surface area contributed by atoms with Crippen molar-refractivity contribution in [3.63, 3.8) is 0 Å². The largest absolute Gasteiger partial charge is 0.497 e. The van der Waals surface area contributed by atoms with Crippen molar-refractivity contribution in [2.45, 2.75) is 0 Å². The molecular weight excluding hydrogens is 301 g/mol. The molecule has 0 saturated heterocycles. The van der Waals surface area contributed by atoms with E-state index in [0.29, 0.717) is 22.1 Å². The molecular formula is C13H11Cl2N3O2. The molecule has 0 aliphatic rings. The number of nitrogen functional groups attached to an aromatic ring is 1. The van der Waals surface area contributed by atoms with Gasteiger partial charge in [0.25, 0.3) is 5.91 Å². The predicted octanol–water partition coefficient (Wildman–Crippen LogP) is 3.23. The van der Waals surface area contributed by atoms with Gasteiger partial charge in [-0.1, -0.05) is 23.2 Å². The van der Waals surface area contributed by atoms with E-state index in [0.717, 1.165) is 0 Å². The number of rotatable bonds is 3. The monoisotopic (exact) mass is 311 g/mol. The van der Waals surface area contributed by atoms with E-state index in [-0.39, 0.29) is 10.7 Å². The molecule has 0 radical (unpaired) electrons. The number of nitrogens with zero attached hydrogens (tertiary/aromatic N) is 1. The first kappa shape index (κ1) is 14.4. The average molecular weight is 312 g/mol. The Morgan fingerprint density at radius 3 is 2.80 bits per heavy atom. The van der Waals surface area contributed by atoms with Crippen LogP contribution in [0.1, 0.15) is 10.4 Å². The van der Waals surface area contributed by atoms with Gasteiger partial charge in [0.2, 0.25) is 0 Å². The van der Waals surface area contributed by atoms with Crippen LogP contribution in [-0.4, -0.2) is 18.0 Å². The molecule has 0 spiro atoms. The molecule has 1 heterocycles. The highest BCUT2D eigenvalue weighted by atomic mass is 35.5. The first-order valence-corrected chi connectivity index (χ1v) is 6.32. The van der Waals surface area contributed by atoms with Crippen molar-refractivity contribution < 1.29 is 9.53 Å². The van der Waals surface area contributed by atoms with E-state index in [1.807, 2.05) is 0 Å². The van der Waals surface area contributed by atoms with Crippen LogP contribution in [0.25, 0.3) is 0 Å². The van der Waals surface area contributed by atoms with Gasteiger partial charge in [0, 0.05) is 6.07 Å². The second-order valence-corrected chi connectivity index (χ2v) is 4.67. The summed E-state index contributed by atoms with van der Waals surface area (Å²) in [6.07, 6.45) is 1.37. The van der Waals surface area contributed by atoms with Gasteiger partial charge in [0.15, 0.2) is 0 Å². The lowest BCUT2D eigenvalue weighted by Gasteiger charge is -2.10. The molecule has 0 bridgehead atoms. The van der Waals surface area contributed by atoms with Gasteiger partial charge in [0.1, 0.15) is 10.9 Å². The lowest BCUT2D eigenvalue weighted by Crippen LogP contribution is -2.14. The molecule has 5 nitrogen and oxygen atoms in total. The molecule has 0 aliphatic heterocycles. The summed E-state index contributed by atoms with van der Waals surface area (Å²) >= 11 is 11.9. The van der Waals surface area contributed by atoms with Crippen LogP contribution in [0.15, 0.2) is 30.5 Å². The molecule has 104 valence electrons. The summed E-state index contributed by atoms with van der Waals surface area (Å²) in [6.45, 7) is 0. The molecule has 0 atom stereocenters. The molecule has 2 rings (SSSR count). The fourth-order valence-electron chi connectivity index (χ4n) is 1.54. The van der Waals surface area contributed by atoms with Gasteiger partial charge in [-0.15, -0.1) is 0 Å². The molecule has 0 fully saturated rings. The van der Waals surface area contributed by atoms with Crippen LogP contribution in [0.2, 0.25) is 10.2 Å². The first-order valence-electron chi connectivity index (χ1n) is 5.57. The van der Waals surface area contributed by atoms with Gasteiger partial charge >= 0.3 is 0 Å². The minimum Gasteiger partial charge on any atom is -0.497 e. The maximum absolute atomic E-state index is 12.1. The molecule has 7 heteroatoms. The Labute approximate surface area is 125 Å². The minimum absolute atomic E-state index is 0.0655. The highest BCUT2D eigenvalue weighted by Crippen LogP contribution is 2.27. The Morgan fingerprint density at radius 1 is 1.35 bits per heavy atom. The zero-order chi connectivity index (χ0) is 14.7. The van der Waals surface area contributed by atoms with Gasteiger partial charge in [0.05, 0.1) is 35.3 Å². The summed E-state index contributed by atoms with van der Waals surface area (Å²) in [7, 11) is 1.52. The van der Waals surface area contributed by atoms with E-state index in [1.54, 1.807) is 18.2 Å². The second kappa shape index (κ2) is 5.98. The van der Waals surface area contributed by atoms with E-state index in [1.165, 1.54) is 19.4 Å². The maximum Gasteiger partial charge on any atom is 0.258 e. The third-order valence-corrected chi connectivity index (χ3v) is 3.16. The Morgan fingerprint density at radius 2 is 2.10 bits per heavy atom. The quantitative estimate of drug-likeness (QED) is 0.853. The highest BCUT2D eigenvalue weighted by Gasteiger charge is 2.14. The van der Waals surface area contributed by atoms with Crippen molar-refractivity contribution in [3.8, 4) is 5.75 Å². The number of carbonyl (C=O) groups is 1. The summed E-state index contributed by atoms with van der Waals surface area (Å²) in [6, 6.07) is 6.36. The number of amides is 1. The van der Waals surface area contributed by atoms with E-state index < -0.39 is 5.91 Å². The summed E-state index contributed by atoms with van der Waals surface area (Å²) < 4.78 is 5.07. The molecule has 1 amide bonds. The van der Waals surface area contributed by atoms with Gasteiger partial charge in [-0.05, 0) is 18.2 Å². The number of pyridine rings is 1. The predicted molar refractivity (Wildman–Crippen MR) is 79.6 cm³/mol. The summed E-state index contributed by atoms with van der Waals surface area (Å²) in [5, 5.41) is 3.09. The van der Waals surface area contributed by atoms with Crippen molar-refractivity contribution in [1.82, 2.24) is 4.98 Å². The lowest BCUT2D eigenvalue weighted by atomic mass is 10.2. The number of halogens is 2. The van der Waals surface area contributed by atoms with Gasteiger partial charge in [-0.3, -0.25) is 4.79 Å². The molecule has 0 aliphatic carbocycles. The van der Waals surface area contributed by atoms with Crippen molar-refractivity contribution in [2.75, 3.05) is 18.2 Å². The maximum atomic E-state index is 12.1. The van der Waals surface area contributed by atoms with E-state index >= 15 is 0 Å². The number of hydrogen-bond donors (Lipinski definition) is 2. The van der Waals surface area contributed by atoms with Gasteiger partial charge < -0.3 is 15.8 Å². The standard InChI is InChI=1S/C13H11Cl2N3O2/c1-20-8-2-3-10(14)11(5-8)18-13(19)9-4-7(16)6-17-12(9)15/h2-6H,16H2,1H3,(H,18,19). The van der Waals surface area contributed by atoms with E-state index in [2.05, 4.69) is 10.3 Å². The number of methoxy groups -OCH3 is 1. The third-order valence-electron chi connectivity index (χ3n) is 2.53. The molecule has 0 saturated carbocycles. The van der Waals surface area contributed by atoms with Crippen LogP contribution in [-0.2, 0) is 0 Å². The zero-order valence-corrected chi connectivity index (χ0v) is 12.0. The van der Waals surface area contributed by atoms with Crippen molar-refractivity contribution in [3.05, 3.63) is 46.2 Å². The smallest absolute Gasteiger partial charge is 0.258 e. The van der Waals surface area contributed by atoms with Crippen LogP contribution >= 0.6 is 23.2 Å². The first-order chi connectivity index (χ1) is 9.51. The minimum atomic E-state index is -0.454. The van der Waals surface area contributed by atoms with Crippen molar-refractivity contribution in [2.24, 2.45) is 0 Å². The topological polar surface area (TPSA) is 77.2 Å². The number of benzene rings is 1. The number of nitrogens with one attached hydrogen (secondary N) is 1. The lowest BCUT2D eigenvalue weighted by molar-refractivity contribution is 0.102. The number of anilines is 2. The average Bonchev–Trinajstić information content (AvgIpc) is 2.43. The summed E-state index contributed by atoms with van der Waals surface area (Å²) in [5.74, 6) is 0.117. The van der Waals surface area contributed by atoms with E-state index in [4.69, 9.17) is 33.7 Å². The Hall–Kier alpha value is -1.98. The van der Waals surface area contributed by atoms with Crippen LogP contribution in [0.3, 0.4) is 0 Å². The number of aromatic nitrogens is 1. The molecule has 20 heavy (non-hydrogen) atoms. The van der Waals surface area contributed by atoms with Gasteiger partial charge in [-0.2, -0.15) is 0 Å². The van der Waals surface area contributed by atoms with Crippen molar-refractivity contribution in [1.29, 1.82) is 0 Å². The SMILES string of the molecule is COc1ccc(Cl)c(NC(=O)c2cc(N)cnc2Cl)c1. The Bertz CT molecular complexity index is 662. The van der Waals surface area contributed by atoms with Crippen molar-refractivity contribution >= 4 is 40.5 Å². The van der Waals surface area contributed by atoms with Crippen LogP contribution < -0.4 is 15.8 Å². The van der Waals surface area contributed by atoms with Crippen LogP contribution in [0.4, 0.5) is 11.4 Å². The van der Waals surface area contributed by atoms with Gasteiger partial charge in [-0.25, -0.2) is 4.98 Å². The van der Waals surface area contributed by atoms with E-state index in [9.17, 15) is 4.79 Å². The number of hydrogen-bond acceptors (Lipinski definition) is 4. The number of ether oxygens (including phenoxy) is 1. The fourth-order valence-corrected chi connectivity index (χ4v) is 1.89. The summed E-state index contributed by atoms with van der Waals surface area (Å²) in [5.41, 5.74) is 6.51. The Balaban J connectivity index is 2.30. The zero-order valence-electron chi connectivity index (χ0n) is 10.5. The molecule has 1 aromatic carbocycles. The molecule has 0 unspecified atom stereocenters. The third kappa shape index (κ3) is 3.12. The highest BCUT2D eigenvalue weighted by molar-refractivity contribution is 6.35. The molecule has 1 aromatic heterocycles.